The van der Waals surface area contributed by atoms with Crippen LogP contribution in [0.4, 0.5) is 0 Å². The Bertz CT molecular complexity index is 297. The summed E-state index contributed by atoms with van der Waals surface area (Å²) < 4.78 is -0.971. The second-order valence-electron chi connectivity index (χ2n) is 6.77. The Morgan fingerprint density at radius 1 is 0.800 bits per heavy atom. The van der Waals surface area contributed by atoms with Crippen LogP contribution in [0.25, 0.3) is 0 Å². The lowest BCUT2D eigenvalue weighted by atomic mass is 10.3. The predicted octanol–water partition coefficient (Wildman–Crippen LogP) is 0.426. The minimum Gasteiger partial charge on any atom is -0.633 e. The van der Waals surface area contributed by atoms with Crippen LogP contribution in [-0.2, 0) is 4.79 Å². The Balaban J connectivity index is -0.000000300. The lowest BCUT2D eigenvalue weighted by molar-refractivity contribution is -0.879. The minimum absolute atomic E-state index is 0.114. The third kappa shape index (κ3) is 28.4. The molecule has 0 rings (SSSR count). The molecule has 0 aromatic heterocycles. The van der Waals surface area contributed by atoms with Crippen LogP contribution in [0.3, 0.4) is 0 Å². The summed E-state index contributed by atoms with van der Waals surface area (Å²) in [6.07, 6.45) is 2.04. The summed E-state index contributed by atoms with van der Waals surface area (Å²) in [5.74, 6) is 0. The number of aliphatic hydroxyl groups excluding tert-OH is 2. The van der Waals surface area contributed by atoms with Gasteiger partial charge in [-0.05, 0) is 13.8 Å². The number of aldehydes is 1. The van der Waals surface area contributed by atoms with Crippen molar-refractivity contribution < 1.29 is 28.9 Å². The largest absolute Gasteiger partial charge is 0.633 e. The fourth-order valence-corrected chi connectivity index (χ4v) is 1.35. The first kappa shape index (κ1) is 29.1. The fourth-order valence-electron chi connectivity index (χ4n) is 1.35. The Hall–Kier alpha value is -0.650. The van der Waals surface area contributed by atoms with E-state index in [4.69, 9.17) is 10.2 Å². The maximum atomic E-state index is 11.3. The van der Waals surface area contributed by atoms with Crippen LogP contribution in [0.5, 0.6) is 0 Å². The van der Waals surface area contributed by atoms with Crippen molar-refractivity contribution in [3.8, 4) is 0 Å². The number of hydrogen-bond donors (Lipinski definition) is 2. The number of carbonyl (C=O) groups is 1. The first-order valence-electron chi connectivity index (χ1n) is 8.61. The number of hydrogen-bond acceptors (Lipinski definition) is 6. The zero-order valence-corrected chi connectivity index (χ0v) is 16.8. The van der Waals surface area contributed by atoms with Crippen molar-refractivity contribution in [2.24, 2.45) is 0 Å². The molecule has 0 amide bonds. The van der Waals surface area contributed by atoms with Crippen molar-refractivity contribution in [3.63, 3.8) is 0 Å². The summed E-state index contributed by atoms with van der Waals surface area (Å²) in [5.41, 5.74) is 0. The van der Waals surface area contributed by atoms with E-state index in [1.165, 1.54) is 0 Å². The number of likely N-dealkylation sites (N-methyl/N-ethyl adjacent to an activating group) is 1. The zero-order valence-electron chi connectivity index (χ0n) is 16.8. The summed E-state index contributed by atoms with van der Waals surface area (Å²) in [6.45, 7) is 5.33. The lowest BCUT2D eigenvalue weighted by Crippen LogP contribution is -2.46. The number of carbonyl (C=O) groups excluding carboxylic acids is 1. The normalized spacial score (nSPS) is 11.8. The summed E-state index contributed by atoms with van der Waals surface area (Å²) in [4.78, 5) is 9.78. The average molecular weight is 370 g/mol. The number of quaternary nitrogens is 3. The first-order chi connectivity index (χ1) is 11.3. The molecule has 0 aromatic rings. The van der Waals surface area contributed by atoms with Gasteiger partial charge in [0.25, 0.3) is 0 Å². The van der Waals surface area contributed by atoms with Crippen LogP contribution in [0, 0.1) is 15.6 Å². The highest BCUT2D eigenvalue weighted by molar-refractivity contribution is 5.48. The van der Waals surface area contributed by atoms with Crippen molar-refractivity contribution in [2.75, 3.05) is 74.1 Å². The summed E-state index contributed by atoms with van der Waals surface area (Å²) in [6, 6.07) is 0. The van der Waals surface area contributed by atoms with Crippen molar-refractivity contribution in [3.05, 3.63) is 15.6 Å². The van der Waals surface area contributed by atoms with Gasteiger partial charge >= 0.3 is 0 Å². The van der Waals surface area contributed by atoms with Gasteiger partial charge in [-0.2, -0.15) is 0 Å². The number of rotatable bonds is 10. The van der Waals surface area contributed by atoms with Gasteiger partial charge in [-0.1, -0.05) is 0 Å². The first-order valence-corrected chi connectivity index (χ1v) is 8.61. The molecule has 9 heteroatoms. The SMILES string of the molecule is CC[N+](C)(C)[O-].CC[N+]([O-])(CCO)CCO.C[N+](C)([O-])CCCC=O. The standard InChI is InChI=1S/C6H15NO3.C6H13NO2.C4H11NO/c1-2-7(10,3-5-8)4-6-9;1-7(2,9)5-3-4-6-8;1-4-5(2,3)6/h8-9H,2-6H2,1H3;6H,3-5H2,1-2H3;4H2,1-3H3. The Labute approximate surface area is 152 Å². The Morgan fingerprint density at radius 3 is 1.40 bits per heavy atom. The van der Waals surface area contributed by atoms with Crippen LogP contribution in [0.2, 0.25) is 0 Å². The van der Waals surface area contributed by atoms with Gasteiger partial charge in [0.05, 0.1) is 61.0 Å². The molecule has 0 bridgehead atoms. The molecule has 0 fully saturated rings. The molecule has 9 nitrogen and oxygen atoms in total. The topological polar surface area (TPSA) is 127 Å². The Morgan fingerprint density at radius 2 is 1.20 bits per heavy atom. The van der Waals surface area contributed by atoms with E-state index in [9.17, 15) is 20.4 Å². The van der Waals surface area contributed by atoms with Crippen molar-refractivity contribution in [1.82, 2.24) is 0 Å². The van der Waals surface area contributed by atoms with E-state index < -0.39 is 4.65 Å². The number of hydroxylamine groups is 9. The minimum atomic E-state index is -0.493. The molecular weight excluding hydrogens is 330 g/mol. The molecule has 0 heterocycles. The lowest BCUT2D eigenvalue weighted by Gasteiger charge is -2.40. The van der Waals surface area contributed by atoms with E-state index in [-0.39, 0.29) is 35.6 Å². The quantitative estimate of drug-likeness (QED) is 0.249. The van der Waals surface area contributed by atoms with E-state index in [2.05, 4.69) is 0 Å². The molecule has 25 heavy (non-hydrogen) atoms. The molecule has 0 saturated heterocycles. The van der Waals surface area contributed by atoms with Crippen LogP contribution >= 0.6 is 0 Å². The van der Waals surface area contributed by atoms with Gasteiger partial charge in [-0.15, -0.1) is 0 Å². The second-order valence-corrected chi connectivity index (χ2v) is 6.77. The number of unbranched alkanes of at least 4 members (excludes halogenated alkanes) is 1. The van der Waals surface area contributed by atoms with Crippen molar-refractivity contribution in [2.45, 2.75) is 26.7 Å². The number of nitrogens with zero attached hydrogens (tertiary/aromatic N) is 3. The zero-order chi connectivity index (χ0) is 20.6. The summed E-state index contributed by atoms with van der Waals surface area (Å²) in [5, 5.41) is 49.4. The molecule has 0 radical (unpaired) electrons. The maximum absolute atomic E-state index is 11.3. The van der Waals surface area contributed by atoms with Gasteiger partial charge < -0.3 is 44.6 Å². The van der Waals surface area contributed by atoms with Crippen molar-refractivity contribution >= 4 is 6.29 Å². The molecule has 0 saturated carbocycles. The van der Waals surface area contributed by atoms with Crippen LogP contribution < -0.4 is 0 Å². The predicted molar refractivity (Wildman–Crippen MR) is 99.7 cm³/mol. The fraction of sp³-hybridized carbons (Fsp3) is 0.938. The molecule has 154 valence electrons. The van der Waals surface area contributed by atoms with Crippen LogP contribution in [0.1, 0.15) is 26.7 Å². The highest BCUT2D eigenvalue weighted by Crippen LogP contribution is 2.00. The van der Waals surface area contributed by atoms with Gasteiger partial charge in [0, 0.05) is 12.8 Å². The average Bonchev–Trinajstić information content (AvgIpc) is 2.47. The molecule has 0 aliphatic carbocycles. The molecule has 2 N–H and O–H groups in total. The highest BCUT2D eigenvalue weighted by atomic mass is 16.6. The Kier molecular flexibility index (Phi) is 18.2. The van der Waals surface area contributed by atoms with E-state index in [1.807, 2.05) is 6.92 Å². The third-order valence-corrected chi connectivity index (χ3v) is 3.37. The molecule has 0 spiro atoms. The van der Waals surface area contributed by atoms with Gasteiger partial charge in [0.1, 0.15) is 19.4 Å². The van der Waals surface area contributed by atoms with Crippen molar-refractivity contribution in [1.29, 1.82) is 0 Å². The molecule has 0 aliphatic heterocycles. The van der Waals surface area contributed by atoms with Gasteiger partial charge in [-0.25, -0.2) is 0 Å². The van der Waals surface area contributed by atoms with Gasteiger partial charge in [0.15, 0.2) is 0 Å². The van der Waals surface area contributed by atoms with E-state index in [0.29, 0.717) is 32.5 Å². The molecule has 0 unspecified atom stereocenters. The van der Waals surface area contributed by atoms with Crippen LogP contribution in [0.15, 0.2) is 0 Å². The van der Waals surface area contributed by atoms with Gasteiger partial charge in [-0.3, -0.25) is 0 Å². The molecule has 0 atom stereocenters. The molecule has 0 aromatic carbocycles. The highest BCUT2D eigenvalue weighted by Gasteiger charge is 2.11. The van der Waals surface area contributed by atoms with Gasteiger partial charge in [0.2, 0.25) is 0 Å². The summed E-state index contributed by atoms with van der Waals surface area (Å²) >= 11 is 0. The number of aliphatic hydroxyl groups is 2. The third-order valence-electron chi connectivity index (χ3n) is 3.37. The van der Waals surface area contributed by atoms with Crippen LogP contribution in [-0.4, -0.2) is 105 Å². The smallest absolute Gasteiger partial charge is 0.120 e. The van der Waals surface area contributed by atoms with E-state index in [1.54, 1.807) is 35.1 Å². The molecular formula is C16H39N3O6. The second kappa shape index (κ2) is 15.6. The summed E-state index contributed by atoms with van der Waals surface area (Å²) in [7, 11) is 6.40. The van der Waals surface area contributed by atoms with E-state index >= 15 is 0 Å². The molecule has 0 aliphatic rings. The van der Waals surface area contributed by atoms with E-state index in [0.717, 1.165) is 6.29 Å². The monoisotopic (exact) mass is 369 g/mol. The maximum Gasteiger partial charge on any atom is 0.120 e.